The quantitative estimate of drug-likeness (QED) is 0.0147. The molecule has 12 nitrogen and oxygen atoms in total. The lowest BCUT2D eigenvalue weighted by atomic mass is 9.85. The second kappa shape index (κ2) is 44.9. The summed E-state index contributed by atoms with van der Waals surface area (Å²) in [7, 11) is -5.03. The van der Waals surface area contributed by atoms with Crippen molar-refractivity contribution in [2.75, 3.05) is 19.8 Å². The van der Waals surface area contributed by atoms with E-state index in [2.05, 4.69) is 74.6 Å². The number of unbranched alkanes of at least 4 members (excludes halogenated alkanes) is 24. The first-order valence-electron chi connectivity index (χ1n) is 27.1. The highest BCUT2D eigenvalue weighted by Crippen LogP contribution is 2.47. The van der Waals surface area contributed by atoms with E-state index in [1.807, 2.05) is 0 Å². The molecule has 0 aromatic carbocycles. The van der Waals surface area contributed by atoms with Crippen molar-refractivity contribution in [2.45, 2.75) is 262 Å². The van der Waals surface area contributed by atoms with Crippen LogP contribution in [0.3, 0.4) is 0 Å². The number of hydrogen-bond acceptors (Lipinski definition) is 11. The maximum atomic E-state index is 12.9. The second-order valence-corrected chi connectivity index (χ2v) is 20.1. The van der Waals surface area contributed by atoms with Gasteiger partial charge in [0.1, 0.15) is 42.7 Å². The lowest BCUT2D eigenvalue weighted by Gasteiger charge is -2.41. The van der Waals surface area contributed by atoms with Crippen molar-refractivity contribution < 1.29 is 58.3 Å². The summed E-state index contributed by atoms with van der Waals surface area (Å²) in [5.74, 6) is -0.494. The molecule has 1 rings (SSSR count). The number of carbonyl (C=O) groups is 1. The highest BCUT2D eigenvalue weighted by atomic mass is 31.2. The summed E-state index contributed by atoms with van der Waals surface area (Å²) in [6.07, 6.45) is 45.7. The van der Waals surface area contributed by atoms with E-state index in [4.69, 9.17) is 18.5 Å². The van der Waals surface area contributed by atoms with Crippen molar-refractivity contribution >= 4 is 13.8 Å². The summed E-state index contributed by atoms with van der Waals surface area (Å²) in [6.45, 7) is 4.16. The van der Waals surface area contributed by atoms with Gasteiger partial charge in [-0.05, 0) is 57.8 Å². The number of aliphatic hydroxyl groups is 5. The predicted octanol–water partition coefficient (Wildman–Crippen LogP) is 12.5. The lowest BCUT2D eigenvalue weighted by Crippen LogP contribution is -2.64. The van der Waals surface area contributed by atoms with Gasteiger partial charge in [0, 0.05) is 13.0 Å². The van der Waals surface area contributed by atoms with Gasteiger partial charge in [0.05, 0.1) is 13.2 Å². The Bertz CT molecular complexity index is 1350. The molecule has 1 saturated carbocycles. The summed E-state index contributed by atoms with van der Waals surface area (Å²) in [4.78, 5) is 23.3. The van der Waals surface area contributed by atoms with Crippen LogP contribution in [-0.4, -0.2) is 98.9 Å². The van der Waals surface area contributed by atoms with Crippen LogP contribution in [0.15, 0.2) is 60.8 Å². The molecule has 0 aromatic rings. The molecule has 13 heteroatoms. The minimum Gasteiger partial charge on any atom is -0.457 e. The Hall–Kier alpha value is -1.96. The second-order valence-electron chi connectivity index (χ2n) is 18.7. The zero-order valence-corrected chi connectivity index (χ0v) is 43.5. The molecule has 0 heterocycles. The highest BCUT2D eigenvalue weighted by molar-refractivity contribution is 7.47. The smallest absolute Gasteiger partial charge is 0.457 e. The predicted molar refractivity (Wildman–Crippen MR) is 276 cm³/mol. The van der Waals surface area contributed by atoms with E-state index >= 15 is 0 Å². The van der Waals surface area contributed by atoms with Crippen LogP contribution in [0.5, 0.6) is 0 Å². The van der Waals surface area contributed by atoms with Gasteiger partial charge in [-0.2, -0.15) is 0 Å². The molecule has 1 fully saturated rings. The standard InChI is InChI=1S/C55H99O12P/c1-3-5-7-9-11-13-15-17-19-21-23-25-26-28-30-32-34-36-38-40-42-44-49(56)66-48(47-65-68(62,63)67-55-53(60)51(58)50(57)52(59)54(55)61)46-64-45-43-41-39-37-35-33-31-29-27-24-22-20-18-16-14-12-10-8-6-4-2/h5,7,11,13,17,19,23,25,28,30,48,50-55,57-61H,3-4,6,8-10,12,14-16,18,20-22,24,26-27,29,31-47H2,1-2H3,(H,62,63)/b7-5-,13-11-,19-17-,25-23-,30-28-. The van der Waals surface area contributed by atoms with Crippen molar-refractivity contribution in [3.8, 4) is 0 Å². The molecule has 1 aliphatic carbocycles. The SMILES string of the molecule is CC/C=C\C/C=C\C/C=C\C/C=C\C/C=C\CCCCCCCC(=O)OC(COCCCCCCCCCCCCCCCCCCCCCC)COP(=O)(O)OC1C(O)C(O)C(O)C(O)C1O. The van der Waals surface area contributed by atoms with E-state index in [1.165, 1.54) is 109 Å². The van der Waals surface area contributed by atoms with E-state index in [9.17, 15) is 39.8 Å². The molecule has 1 aliphatic rings. The highest BCUT2D eigenvalue weighted by Gasteiger charge is 2.51. The van der Waals surface area contributed by atoms with E-state index in [1.54, 1.807) is 0 Å². The number of aliphatic hydroxyl groups excluding tert-OH is 5. The van der Waals surface area contributed by atoms with Gasteiger partial charge in [0.15, 0.2) is 0 Å². The molecule has 0 saturated heterocycles. The first-order chi connectivity index (χ1) is 33.0. The zero-order chi connectivity index (χ0) is 49.8. The fraction of sp³-hybridized carbons (Fsp3) is 0.800. The van der Waals surface area contributed by atoms with E-state index < -0.39 is 63.1 Å². The topological polar surface area (TPSA) is 192 Å². The third-order valence-electron chi connectivity index (χ3n) is 12.4. The number of phosphoric ester groups is 1. The monoisotopic (exact) mass is 983 g/mol. The van der Waals surface area contributed by atoms with Gasteiger partial charge in [-0.15, -0.1) is 0 Å². The normalized spacial score (nSPS) is 21.6. The average molecular weight is 983 g/mol. The molecule has 0 spiro atoms. The molecule has 0 radical (unpaired) electrons. The molecular formula is C55H99O12P. The zero-order valence-electron chi connectivity index (χ0n) is 42.6. The molecule has 6 N–H and O–H groups in total. The number of esters is 1. The Morgan fingerprint density at radius 1 is 0.485 bits per heavy atom. The van der Waals surface area contributed by atoms with Crippen LogP contribution >= 0.6 is 7.82 Å². The van der Waals surface area contributed by atoms with Gasteiger partial charge in [-0.25, -0.2) is 4.57 Å². The van der Waals surface area contributed by atoms with Crippen LogP contribution in [0.1, 0.15) is 219 Å². The number of hydrogen-bond donors (Lipinski definition) is 6. The number of ether oxygens (including phenoxy) is 2. The van der Waals surface area contributed by atoms with Crippen molar-refractivity contribution in [3.63, 3.8) is 0 Å². The number of carbonyl (C=O) groups excluding carboxylic acids is 1. The summed E-state index contributed by atoms with van der Waals surface area (Å²) in [5, 5.41) is 50.4. The Balaban J connectivity index is 2.33. The first-order valence-corrected chi connectivity index (χ1v) is 28.6. The van der Waals surface area contributed by atoms with Crippen LogP contribution < -0.4 is 0 Å². The van der Waals surface area contributed by atoms with Gasteiger partial charge < -0.3 is 39.9 Å². The Morgan fingerprint density at radius 3 is 1.32 bits per heavy atom. The minimum atomic E-state index is -5.03. The molecule has 6 unspecified atom stereocenters. The van der Waals surface area contributed by atoms with E-state index in [0.717, 1.165) is 83.5 Å². The van der Waals surface area contributed by atoms with Crippen molar-refractivity contribution in [1.29, 1.82) is 0 Å². The largest absolute Gasteiger partial charge is 0.472 e. The maximum absolute atomic E-state index is 12.9. The van der Waals surface area contributed by atoms with Crippen LogP contribution in [-0.2, 0) is 27.9 Å². The van der Waals surface area contributed by atoms with Gasteiger partial charge >= 0.3 is 13.8 Å². The molecule has 0 amide bonds. The molecule has 68 heavy (non-hydrogen) atoms. The van der Waals surface area contributed by atoms with Crippen LogP contribution in [0.4, 0.5) is 0 Å². The fourth-order valence-electron chi connectivity index (χ4n) is 8.15. The molecule has 0 aromatic heterocycles. The first kappa shape index (κ1) is 64.1. The van der Waals surface area contributed by atoms with Gasteiger partial charge in [-0.3, -0.25) is 13.8 Å². The maximum Gasteiger partial charge on any atom is 0.472 e. The lowest BCUT2D eigenvalue weighted by molar-refractivity contribution is -0.220. The summed E-state index contributed by atoms with van der Waals surface area (Å²) in [6, 6.07) is 0. The van der Waals surface area contributed by atoms with E-state index in [0.29, 0.717) is 13.0 Å². The van der Waals surface area contributed by atoms with Crippen molar-refractivity contribution in [3.05, 3.63) is 60.8 Å². The van der Waals surface area contributed by atoms with Crippen LogP contribution in [0.2, 0.25) is 0 Å². The van der Waals surface area contributed by atoms with Crippen LogP contribution in [0, 0.1) is 0 Å². The number of rotatable bonds is 46. The van der Waals surface area contributed by atoms with E-state index in [-0.39, 0.29) is 13.0 Å². The van der Waals surface area contributed by atoms with Gasteiger partial charge in [-0.1, -0.05) is 216 Å². The Morgan fingerprint density at radius 2 is 0.868 bits per heavy atom. The Labute approximate surface area is 413 Å². The average Bonchev–Trinajstić information content (AvgIpc) is 3.32. The molecule has 6 atom stereocenters. The Kier molecular flexibility index (Phi) is 42.3. The molecule has 0 bridgehead atoms. The number of allylic oxidation sites excluding steroid dienone is 10. The molecule has 396 valence electrons. The minimum absolute atomic E-state index is 0.0844. The summed E-state index contributed by atoms with van der Waals surface area (Å²) < 4.78 is 34.3. The van der Waals surface area contributed by atoms with Gasteiger partial charge in [0.2, 0.25) is 0 Å². The van der Waals surface area contributed by atoms with Crippen molar-refractivity contribution in [2.24, 2.45) is 0 Å². The summed E-state index contributed by atoms with van der Waals surface area (Å²) in [5.41, 5.74) is 0. The fourth-order valence-corrected chi connectivity index (χ4v) is 9.12. The summed E-state index contributed by atoms with van der Waals surface area (Å²) >= 11 is 0. The van der Waals surface area contributed by atoms with Crippen molar-refractivity contribution in [1.82, 2.24) is 0 Å². The van der Waals surface area contributed by atoms with Crippen LogP contribution in [0.25, 0.3) is 0 Å². The third kappa shape index (κ3) is 36.0. The third-order valence-corrected chi connectivity index (χ3v) is 13.4. The number of phosphoric acid groups is 1. The molecular weight excluding hydrogens is 884 g/mol. The molecule has 0 aliphatic heterocycles. The van der Waals surface area contributed by atoms with Gasteiger partial charge in [0.25, 0.3) is 0 Å².